The Labute approximate surface area is 184 Å². The van der Waals surface area contributed by atoms with E-state index in [1.165, 1.54) is 12.8 Å². The molecule has 31 heavy (non-hydrogen) atoms. The van der Waals surface area contributed by atoms with Crippen LogP contribution in [0.15, 0.2) is 42.5 Å². The molecule has 2 aromatic carbocycles. The van der Waals surface area contributed by atoms with Crippen LogP contribution in [0.2, 0.25) is 0 Å². The van der Waals surface area contributed by atoms with Crippen LogP contribution in [-0.2, 0) is 9.53 Å². The number of anilines is 3. The molecule has 0 bridgehead atoms. The summed E-state index contributed by atoms with van der Waals surface area (Å²) < 4.78 is 6.47. The van der Waals surface area contributed by atoms with Gasteiger partial charge in [0.1, 0.15) is 6.10 Å². The molecule has 2 N–H and O–H groups in total. The van der Waals surface area contributed by atoms with Gasteiger partial charge in [0.05, 0.1) is 10.2 Å². The van der Waals surface area contributed by atoms with Crippen LogP contribution in [0.4, 0.5) is 16.5 Å². The van der Waals surface area contributed by atoms with Crippen LogP contribution in [0.1, 0.15) is 36.0 Å². The Morgan fingerprint density at radius 2 is 1.87 bits per heavy atom. The average Bonchev–Trinajstić information content (AvgIpc) is 3.55. The van der Waals surface area contributed by atoms with Crippen LogP contribution >= 0.6 is 11.3 Å². The third-order valence-electron chi connectivity index (χ3n) is 5.63. The molecular formula is C23H24N4O3S. The van der Waals surface area contributed by atoms with Crippen molar-refractivity contribution >= 4 is 49.9 Å². The summed E-state index contributed by atoms with van der Waals surface area (Å²) in [7, 11) is 0. The standard InChI is InChI=1S/C23H24N4O3S/c28-21(15-5-3-6-16(13-15)25-22(29)19-7-4-12-30-19)24-17-8-9-18-20(14-17)31-23(26-18)27-10-1-2-11-27/h3,5-6,8-9,13-14,19H,1-2,4,7,10-12H2,(H,24,28)(H,25,29). The zero-order valence-electron chi connectivity index (χ0n) is 17.1. The van der Waals surface area contributed by atoms with Crippen molar-refractivity contribution < 1.29 is 14.3 Å². The van der Waals surface area contributed by atoms with Crippen LogP contribution in [-0.4, -0.2) is 42.6 Å². The smallest absolute Gasteiger partial charge is 0.255 e. The third kappa shape index (κ3) is 4.40. The van der Waals surface area contributed by atoms with E-state index >= 15 is 0 Å². The predicted molar refractivity (Wildman–Crippen MR) is 123 cm³/mol. The number of fused-ring (bicyclic) bond motifs is 1. The summed E-state index contributed by atoms with van der Waals surface area (Å²) >= 11 is 1.66. The van der Waals surface area contributed by atoms with Crippen molar-refractivity contribution in [2.45, 2.75) is 31.8 Å². The summed E-state index contributed by atoms with van der Waals surface area (Å²) in [6, 6.07) is 12.7. The summed E-state index contributed by atoms with van der Waals surface area (Å²) in [4.78, 5) is 32.1. The molecule has 0 saturated carbocycles. The molecule has 2 aliphatic heterocycles. The number of nitrogens with zero attached hydrogens (tertiary/aromatic N) is 2. The van der Waals surface area contributed by atoms with Crippen LogP contribution < -0.4 is 15.5 Å². The van der Waals surface area contributed by atoms with Gasteiger partial charge in [-0.2, -0.15) is 0 Å². The highest BCUT2D eigenvalue weighted by Crippen LogP contribution is 2.32. The Bertz CT molecular complexity index is 1120. The Balaban J connectivity index is 1.28. The van der Waals surface area contributed by atoms with Crippen molar-refractivity contribution in [2.75, 3.05) is 35.2 Å². The lowest BCUT2D eigenvalue weighted by Gasteiger charge is -2.11. The Morgan fingerprint density at radius 1 is 1.03 bits per heavy atom. The van der Waals surface area contributed by atoms with Crippen molar-refractivity contribution in [1.82, 2.24) is 4.98 Å². The van der Waals surface area contributed by atoms with E-state index in [1.54, 1.807) is 35.6 Å². The molecule has 2 amide bonds. The molecule has 1 atom stereocenters. The summed E-state index contributed by atoms with van der Waals surface area (Å²) in [6.45, 7) is 2.73. The number of ether oxygens (including phenoxy) is 1. The minimum absolute atomic E-state index is 0.167. The summed E-state index contributed by atoms with van der Waals surface area (Å²) in [5.74, 6) is -0.392. The van der Waals surface area contributed by atoms with Crippen LogP contribution in [0.25, 0.3) is 10.2 Å². The molecule has 2 fully saturated rings. The highest BCUT2D eigenvalue weighted by atomic mass is 32.1. The van der Waals surface area contributed by atoms with Crippen LogP contribution in [0.3, 0.4) is 0 Å². The van der Waals surface area contributed by atoms with Gasteiger partial charge in [0.25, 0.3) is 11.8 Å². The first-order valence-electron chi connectivity index (χ1n) is 10.7. The van der Waals surface area contributed by atoms with Gasteiger partial charge < -0.3 is 20.3 Å². The Kier molecular flexibility index (Phi) is 5.57. The summed E-state index contributed by atoms with van der Waals surface area (Å²) in [5.41, 5.74) is 2.74. The molecule has 5 rings (SSSR count). The van der Waals surface area contributed by atoms with Crippen molar-refractivity contribution in [3.8, 4) is 0 Å². The lowest BCUT2D eigenvalue weighted by atomic mass is 10.1. The van der Waals surface area contributed by atoms with E-state index in [4.69, 9.17) is 9.72 Å². The Morgan fingerprint density at radius 3 is 2.68 bits per heavy atom. The van der Waals surface area contributed by atoms with Gasteiger partial charge in [-0.05, 0) is 62.1 Å². The minimum atomic E-state index is -0.408. The third-order valence-corrected chi connectivity index (χ3v) is 6.70. The van der Waals surface area contributed by atoms with E-state index in [0.29, 0.717) is 17.9 Å². The van der Waals surface area contributed by atoms with Gasteiger partial charge in [0.2, 0.25) is 0 Å². The molecule has 8 heteroatoms. The van der Waals surface area contributed by atoms with Gasteiger partial charge in [-0.15, -0.1) is 0 Å². The average molecular weight is 437 g/mol. The molecule has 1 aromatic heterocycles. The van der Waals surface area contributed by atoms with Crippen molar-refractivity contribution in [2.24, 2.45) is 0 Å². The number of amides is 2. The fraction of sp³-hybridized carbons (Fsp3) is 0.348. The lowest BCUT2D eigenvalue weighted by molar-refractivity contribution is -0.124. The second kappa shape index (κ2) is 8.64. The minimum Gasteiger partial charge on any atom is -0.368 e. The molecule has 2 aliphatic rings. The normalized spacial score (nSPS) is 18.5. The zero-order valence-corrected chi connectivity index (χ0v) is 17.9. The molecule has 0 spiro atoms. The number of nitrogens with one attached hydrogen (secondary N) is 2. The van der Waals surface area contributed by atoms with Gasteiger partial charge in [-0.1, -0.05) is 17.4 Å². The van der Waals surface area contributed by atoms with Gasteiger partial charge in [-0.3, -0.25) is 9.59 Å². The van der Waals surface area contributed by atoms with E-state index in [9.17, 15) is 9.59 Å². The first-order chi connectivity index (χ1) is 15.2. The topological polar surface area (TPSA) is 83.6 Å². The first kappa shape index (κ1) is 20.0. The number of aromatic nitrogens is 1. The van der Waals surface area contributed by atoms with Gasteiger partial charge >= 0.3 is 0 Å². The molecule has 1 unspecified atom stereocenters. The molecule has 7 nitrogen and oxygen atoms in total. The van der Waals surface area contributed by atoms with Crippen LogP contribution in [0, 0.1) is 0 Å². The SMILES string of the molecule is O=C(Nc1ccc2nc(N3CCCC3)sc2c1)c1cccc(NC(=O)C2CCCO2)c1. The second-order valence-corrected chi connectivity index (χ2v) is 8.91. The second-order valence-electron chi connectivity index (χ2n) is 7.90. The number of carbonyl (C=O) groups excluding carboxylic acids is 2. The van der Waals surface area contributed by atoms with E-state index in [-0.39, 0.29) is 11.8 Å². The number of hydrogen-bond acceptors (Lipinski definition) is 6. The zero-order chi connectivity index (χ0) is 21.2. The van der Waals surface area contributed by atoms with E-state index in [0.717, 1.165) is 47.0 Å². The predicted octanol–water partition coefficient (Wildman–Crippen LogP) is 4.27. The fourth-order valence-corrected chi connectivity index (χ4v) is 5.04. The Hall–Kier alpha value is -2.97. The number of benzene rings is 2. The van der Waals surface area contributed by atoms with Gasteiger partial charge in [0.15, 0.2) is 5.13 Å². The van der Waals surface area contributed by atoms with Gasteiger partial charge in [0, 0.05) is 36.6 Å². The monoisotopic (exact) mass is 436 g/mol. The summed E-state index contributed by atoms with van der Waals surface area (Å²) in [5, 5.41) is 6.84. The summed E-state index contributed by atoms with van der Waals surface area (Å²) in [6.07, 6.45) is 3.64. The quantitative estimate of drug-likeness (QED) is 0.624. The molecule has 3 heterocycles. The number of hydrogen-bond donors (Lipinski definition) is 2. The van der Waals surface area contributed by atoms with Crippen molar-refractivity contribution in [1.29, 1.82) is 0 Å². The van der Waals surface area contributed by atoms with Gasteiger partial charge in [-0.25, -0.2) is 4.98 Å². The highest BCUT2D eigenvalue weighted by Gasteiger charge is 2.23. The highest BCUT2D eigenvalue weighted by molar-refractivity contribution is 7.22. The molecule has 160 valence electrons. The largest absolute Gasteiger partial charge is 0.368 e. The number of carbonyl (C=O) groups is 2. The molecule has 0 aliphatic carbocycles. The number of rotatable bonds is 5. The van der Waals surface area contributed by atoms with Crippen molar-refractivity contribution in [3.05, 3.63) is 48.0 Å². The van der Waals surface area contributed by atoms with E-state index < -0.39 is 6.10 Å². The fourth-order valence-electron chi connectivity index (χ4n) is 3.98. The molecular weight excluding hydrogens is 412 g/mol. The maximum atomic E-state index is 12.8. The molecule has 3 aromatic rings. The van der Waals surface area contributed by atoms with E-state index in [2.05, 4.69) is 15.5 Å². The maximum Gasteiger partial charge on any atom is 0.255 e. The number of thiazole rings is 1. The van der Waals surface area contributed by atoms with Crippen molar-refractivity contribution in [3.63, 3.8) is 0 Å². The van der Waals surface area contributed by atoms with E-state index in [1.807, 2.05) is 18.2 Å². The maximum absolute atomic E-state index is 12.8. The lowest BCUT2D eigenvalue weighted by Crippen LogP contribution is -2.27. The van der Waals surface area contributed by atoms with Crippen LogP contribution in [0.5, 0.6) is 0 Å². The molecule has 2 saturated heterocycles. The first-order valence-corrected chi connectivity index (χ1v) is 11.5. The molecule has 0 radical (unpaired) electrons.